The largest absolute Gasteiger partial charge is 0.455 e. The van der Waals surface area contributed by atoms with Crippen molar-refractivity contribution < 1.29 is 4.42 Å². The minimum atomic E-state index is 0.0595. The minimum Gasteiger partial charge on any atom is -0.455 e. The molecule has 0 fully saturated rings. The first kappa shape index (κ1) is 37.2. The van der Waals surface area contributed by atoms with Crippen molar-refractivity contribution in [3.05, 3.63) is 229 Å². The maximum absolute atomic E-state index is 6.96. The molecule has 1 aliphatic heterocycles. The summed E-state index contributed by atoms with van der Waals surface area (Å²) in [5, 5.41) is 11.3. The molecule has 4 nitrogen and oxygen atoms in total. The number of rotatable bonds is 5. The van der Waals surface area contributed by atoms with E-state index in [0.717, 1.165) is 100 Å². The van der Waals surface area contributed by atoms with Crippen LogP contribution in [0.2, 0.25) is 0 Å². The van der Waals surface area contributed by atoms with Gasteiger partial charge in [0.1, 0.15) is 11.2 Å². The molecule has 3 heterocycles. The molecule has 306 valence electrons. The Labute approximate surface area is 375 Å². The van der Waals surface area contributed by atoms with Crippen molar-refractivity contribution in [3.8, 4) is 16.8 Å². The second-order valence-electron chi connectivity index (χ2n) is 17.3. The Kier molecular flexibility index (Phi) is 8.53. The Morgan fingerprint density at radius 1 is 0.477 bits per heavy atom. The molecule has 0 radical (unpaired) electrons. The average Bonchev–Trinajstić information content (AvgIpc) is 3.91. The summed E-state index contributed by atoms with van der Waals surface area (Å²) in [7, 11) is 0. The van der Waals surface area contributed by atoms with E-state index >= 15 is 0 Å². The lowest BCUT2D eigenvalue weighted by Crippen LogP contribution is -2.17. The van der Waals surface area contributed by atoms with Crippen molar-refractivity contribution in [2.24, 2.45) is 15.9 Å². The Balaban J connectivity index is 1.17. The van der Waals surface area contributed by atoms with Gasteiger partial charge < -0.3 is 8.98 Å². The molecule has 1 atom stereocenters. The zero-order valence-corrected chi connectivity index (χ0v) is 35.7. The van der Waals surface area contributed by atoms with Gasteiger partial charge in [0.05, 0.1) is 33.5 Å². The molecule has 0 spiro atoms. The third kappa shape index (κ3) is 5.98. The van der Waals surface area contributed by atoms with Gasteiger partial charge in [0.15, 0.2) is 5.84 Å². The monoisotopic (exact) mass is 831 g/mol. The van der Waals surface area contributed by atoms with E-state index in [1.165, 1.54) is 27.1 Å². The topological polar surface area (TPSA) is 42.8 Å². The fraction of sp³-hybridized carbons (Fsp3) is 0.0492. The van der Waals surface area contributed by atoms with Gasteiger partial charge in [-0.25, -0.2) is 9.98 Å². The highest BCUT2D eigenvalue weighted by atomic mass is 16.3. The molecule has 0 bridgehead atoms. The Morgan fingerprint density at radius 3 is 1.95 bits per heavy atom. The first-order valence-corrected chi connectivity index (χ1v) is 22.5. The second-order valence-corrected chi connectivity index (χ2v) is 17.3. The van der Waals surface area contributed by atoms with Gasteiger partial charge in [0.25, 0.3) is 0 Å². The number of aliphatic imine (C=N–C) groups is 2. The summed E-state index contributed by atoms with van der Waals surface area (Å²) < 4.78 is 9.44. The number of benzene rings is 10. The number of furan rings is 1. The zero-order valence-electron chi connectivity index (χ0n) is 35.7. The lowest BCUT2D eigenvalue weighted by atomic mass is 9.90. The molecule has 0 aliphatic carbocycles. The van der Waals surface area contributed by atoms with Crippen LogP contribution in [0.1, 0.15) is 30.0 Å². The van der Waals surface area contributed by atoms with E-state index in [9.17, 15) is 0 Å². The van der Waals surface area contributed by atoms with Crippen molar-refractivity contribution in [1.82, 2.24) is 4.57 Å². The van der Waals surface area contributed by atoms with Gasteiger partial charge in [-0.1, -0.05) is 189 Å². The number of para-hydroxylation sites is 2. The molecular weight excluding hydrogens is 791 g/mol. The second kappa shape index (κ2) is 14.9. The number of hydrogen-bond donors (Lipinski definition) is 0. The SMILES string of the molecule is CC1C/C=C(\c2c(-n3c4ccccc4c4cc5ccccc5cc43)c3c4ccccc4oc3c3ccccc23)N=C(c2cccc3ccccc23)N=C1c1cccc(-c2ccccc2)c1. The van der Waals surface area contributed by atoms with E-state index in [2.05, 4.69) is 224 Å². The summed E-state index contributed by atoms with van der Waals surface area (Å²) >= 11 is 0. The van der Waals surface area contributed by atoms with Crippen molar-refractivity contribution in [2.45, 2.75) is 13.3 Å². The molecule has 0 N–H and O–H groups in total. The van der Waals surface area contributed by atoms with E-state index < -0.39 is 0 Å². The first-order chi connectivity index (χ1) is 32.2. The van der Waals surface area contributed by atoms with E-state index in [4.69, 9.17) is 14.4 Å². The zero-order chi connectivity index (χ0) is 43.0. The highest BCUT2D eigenvalue weighted by Gasteiger charge is 2.28. The van der Waals surface area contributed by atoms with Crippen LogP contribution in [0.4, 0.5) is 0 Å². The minimum absolute atomic E-state index is 0.0595. The van der Waals surface area contributed by atoms with E-state index in [1.807, 2.05) is 0 Å². The first-order valence-electron chi connectivity index (χ1n) is 22.5. The van der Waals surface area contributed by atoms with Gasteiger partial charge in [-0.05, 0) is 80.4 Å². The van der Waals surface area contributed by atoms with E-state index in [0.29, 0.717) is 5.84 Å². The molecule has 0 amide bonds. The predicted molar refractivity (Wildman–Crippen MR) is 274 cm³/mol. The number of aromatic nitrogens is 1. The van der Waals surface area contributed by atoms with Gasteiger partial charge >= 0.3 is 0 Å². The summed E-state index contributed by atoms with van der Waals surface area (Å²) in [4.78, 5) is 11.6. The van der Waals surface area contributed by atoms with Crippen LogP contribution in [0.3, 0.4) is 0 Å². The highest BCUT2D eigenvalue weighted by Crippen LogP contribution is 2.47. The van der Waals surface area contributed by atoms with Gasteiger partial charge in [-0.15, -0.1) is 0 Å². The van der Waals surface area contributed by atoms with E-state index in [1.54, 1.807) is 0 Å². The molecule has 0 saturated carbocycles. The molecule has 13 rings (SSSR count). The van der Waals surface area contributed by atoms with Crippen LogP contribution in [0.5, 0.6) is 0 Å². The molecule has 0 saturated heterocycles. The van der Waals surface area contributed by atoms with Crippen LogP contribution < -0.4 is 0 Å². The quantitative estimate of drug-likeness (QED) is 0.170. The third-order valence-electron chi connectivity index (χ3n) is 13.4. The Morgan fingerprint density at radius 2 is 1.11 bits per heavy atom. The number of amidine groups is 1. The van der Waals surface area contributed by atoms with Crippen LogP contribution in [0.25, 0.3) is 98.6 Å². The van der Waals surface area contributed by atoms with E-state index in [-0.39, 0.29) is 5.92 Å². The van der Waals surface area contributed by atoms with Crippen molar-refractivity contribution in [3.63, 3.8) is 0 Å². The average molecular weight is 832 g/mol. The third-order valence-corrected chi connectivity index (χ3v) is 13.4. The van der Waals surface area contributed by atoms with Gasteiger partial charge in [0, 0.05) is 38.6 Å². The van der Waals surface area contributed by atoms with Crippen molar-refractivity contribution in [2.75, 3.05) is 0 Å². The number of hydrogen-bond acceptors (Lipinski definition) is 3. The summed E-state index contributed by atoms with van der Waals surface area (Å²) in [6.07, 6.45) is 3.10. The number of allylic oxidation sites excluding steroid dienone is 1. The molecule has 10 aromatic carbocycles. The number of nitrogens with zero attached hydrogens (tertiary/aromatic N) is 3. The summed E-state index contributed by atoms with van der Waals surface area (Å²) in [5.41, 5.74) is 12.4. The van der Waals surface area contributed by atoms with Crippen LogP contribution >= 0.6 is 0 Å². The standard InChI is InChI=1S/C61H41N3O/c1-38-33-34-52(62-61(49-30-16-22-40-19-7-8-25-45(40)49)63-58(38)44-24-15-23-41(35-44)39-17-3-2-4-18-39)56-47-27-9-10-28-48(47)60-57(50-29-12-14-32-55(50)65-60)59(56)64-53-31-13-11-26-46(53)51-36-42-20-5-6-21-43(42)37-54(51)64/h2-32,34-38H,33H2,1H3/b52-34+,62-61?,63-58?. The molecule has 1 unspecified atom stereocenters. The highest BCUT2D eigenvalue weighted by molar-refractivity contribution is 6.26. The lowest BCUT2D eigenvalue weighted by Gasteiger charge is -2.22. The Bertz CT molecular complexity index is 3990. The van der Waals surface area contributed by atoms with Gasteiger partial charge in [0.2, 0.25) is 0 Å². The molecule has 2 aromatic heterocycles. The van der Waals surface area contributed by atoms with Gasteiger partial charge in [-0.2, -0.15) is 0 Å². The molecule has 65 heavy (non-hydrogen) atoms. The smallest absolute Gasteiger partial charge is 0.160 e. The normalized spacial score (nSPS) is 15.4. The summed E-state index contributed by atoms with van der Waals surface area (Å²) in [5.74, 6) is 0.740. The maximum Gasteiger partial charge on any atom is 0.160 e. The van der Waals surface area contributed by atoms with Crippen LogP contribution in [0, 0.1) is 5.92 Å². The lowest BCUT2D eigenvalue weighted by molar-refractivity contribution is 0.672. The number of fused-ring (bicyclic) bond motifs is 10. The van der Waals surface area contributed by atoms with Crippen LogP contribution in [0.15, 0.2) is 227 Å². The molecular formula is C61H41N3O. The molecule has 12 aromatic rings. The fourth-order valence-electron chi connectivity index (χ4n) is 10.3. The van der Waals surface area contributed by atoms with Gasteiger partial charge in [-0.3, -0.25) is 0 Å². The predicted octanol–water partition coefficient (Wildman–Crippen LogP) is 16.1. The molecule has 1 aliphatic rings. The van der Waals surface area contributed by atoms with Crippen LogP contribution in [-0.4, -0.2) is 16.1 Å². The fourth-order valence-corrected chi connectivity index (χ4v) is 10.3. The maximum atomic E-state index is 6.96. The molecule has 4 heteroatoms. The van der Waals surface area contributed by atoms with Crippen molar-refractivity contribution in [1.29, 1.82) is 0 Å². The summed E-state index contributed by atoms with van der Waals surface area (Å²) in [6.45, 7) is 2.30. The van der Waals surface area contributed by atoms with Crippen LogP contribution in [-0.2, 0) is 0 Å². The van der Waals surface area contributed by atoms with Crippen molar-refractivity contribution >= 4 is 93.3 Å². The summed E-state index contributed by atoms with van der Waals surface area (Å²) in [6, 6.07) is 73.8. The Hall–Kier alpha value is -8.34.